The van der Waals surface area contributed by atoms with Gasteiger partial charge in [0.05, 0.1) is 19.0 Å². The Morgan fingerprint density at radius 2 is 1.90 bits per heavy atom. The van der Waals surface area contributed by atoms with Crippen LogP contribution in [-0.2, 0) is 13.1 Å². The van der Waals surface area contributed by atoms with Gasteiger partial charge in [0, 0.05) is 42.1 Å². The first-order valence-electron chi connectivity index (χ1n) is 9.73. The van der Waals surface area contributed by atoms with Gasteiger partial charge in [0.2, 0.25) is 0 Å². The molecule has 1 aromatic heterocycles. The molecule has 0 bridgehead atoms. The largest absolute Gasteiger partial charge is 0.387 e. The van der Waals surface area contributed by atoms with Gasteiger partial charge < -0.3 is 20.3 Å². The summed E-state index contributed by atoms with van der Waals surface area (Å²) in [6, 6.07) is 13.3. The lowest BCUT2D eigenvalue weighted by Crippen LogP contribution is -2.39. The molecule has 3 N–H and O–H groups in total. The van der Waals surface area contributed by atoms with Crippen LogP contribution in [0, 0.1) is 0 Å². The monoisotopic (exact) mass is 445 g/mol. The van der Waals surface area contributed by atoms with Crippen molar-refractivity contribution in [2.75, 3.05) is 13.1 Å². The van der Waals surface area contributed by atoms with Crippen LogP contribution < -0.4 is 10.6 Å². The number of aliphatic hydroxyl groups excluding tert-OH is 1. The molecule has 0 aliphatic rings. The molecule has 3 aromatic rings. The number of nitrogens with zero attached hydrogens (tertiary/aromatic N) is 3. The lowest BCUT2D eigenvalue weighted by atomic mass is 10.1. The van der Waals surface area contributed by atoms with E-state index in [9.17, 15) is 5.11 Å². The Labute approximate surface area is 186 Å². The zero-order valence-corrected chi connectivity index (χ0v) is 18.2. The third-order valence-electron chi connectivity index (χ3n) is 4.41. The maximum atomic E-state index is 10.5. The fourth-order valence-electron chi connectivity index (χ4n) is 3.01. The average Bonchev–Trinajstić information content (AvgIpc) is 3.22. The zero-order chi connectivity index (χ0) is 21.3. The molecule has 1 atom stereocenters. The Kier molecular flexibility index (Phi) is 8.13. The minimum Gasteiger partial charge on any atom is -0.387 e. The highest BCUT2D eigenvalue weighted by Crippen LogP contribution is 2.23. The molecule has 3 rings (SSSR count). The summed E-state index contributed by atoms with van der Waals surface area (Å²) in [5.74, 6) is 0.629. The highest BCUT2D eigenvalue weighted by Gasteiger charge is 2.10. The summed E-state index contributed by atoms with van der Waals surface area (Å²) in [7, 11) is 0. The fourth-order valence-corrected chi connectivity index (χ4v) is 3.55. The molecule has 1 unspecified atom stereocenters. The Hall–Kier alpha value is -2.54. The van der Waals surface area contributed by atoms with Crippen molar-refractivity contribution in [3.63, 3.8) is 0 Å². The van der Waals surface area contributed by atoms with Crippen LogP contribution in [0.2, 0.25) is 10.0 Å². The predicted molar refractivity (Wildman–Crippen MR) is 122 cm³/mol. The maximum absolute atomic E-state index is 10.5. The second-order valence-electron chi connectivity index (χ2n) is 6.85. The number of guanidine groups is 1. The first kappa shape index (κ1) is 22.2. The van der Waals surface area contributed by atoms with Gasteiger partial charge in [0.25, 0.3) is 0 Å². The molecule has 0 aliphatic heterocycles. The number of halogens is 2. The van der Waals surface area contributed by atoms with E-state index in [1.54, 1.807) is 30.7 Å². The minimum atomic E-state index is -0.761. The van der Waals surface area contributed by atoms with Crippen molar-refractivity contribution in [2.45, 2.75) is 26.1 Å². The topological polar surface area (TPSA) is 74.5 Å². The summed E-state index contributed by atoms with van der Waals surface area (Å²) in [6.45, 7) is 4.28. The SMILES string of the molecule is CCNC(=NCc1cccc(Cn2ccnc2)c1)NCC(O)c1cc(Cl)cc(Cl)c1. The number of nitrogens with one attached hydrogen (secondary N) is 2. The van der Waals surface area contributed by atoms with Crippen molar-refractivity contribution in [3.05, 3.63) is 87.9 Å². The average molecular weight is 446 g/mol. The number of aliphatic imine (C=N–C) groups is 1. The summed E-state index contributed by atoms with van der Waals surface area (Å²) in [4.78, 5) is 8.71. The van der Waals surface area contributed by atoms with Gasteiger partial charge >= 0.3 is 0 Å². The number of imidazole rings is 1. The molecule has 0 saturated carbocycles. The van der Waals surface area contributed by atoms with Gasteiger partial charge in [-0.15, -0.1) is 0 Å². The van der Waals surface area contributed by atoms with Crippen LogP contribution in [-0.4, -0.2) is 33.7 Å². The normalized spacial score (nSPS) is 12.6. The van der Waals surface area contributed by atoms with E-state index in [1.165, 1.54) is 5.56 Å². The minimum absolute atomic E-state index is 0.281. The number of rotatable bonds is 8. The first-order valence-corrected chi connectivity index (χ1v) is 10.5. The molecule has 0 spiro atoms. The van der Waals surface area contributed by atoms with E-state index >= 15 is 0 Å². The predicted octanol–water partition coefficient (Wildman–Crippen LogP) is 4.03. The molecule has 1 heterocycles. The number of hydrogen-bond donors (Lipinski definition) is 3. The van der Waals surface area contributed by atoms with E-state index in [-0.39, 0.29) is 6.54 Å². The van der Waals surface area contributed by atoms with Crippen LogP contribution in [0.1, 0.15) is 29.7 Å². The Balaban J connectivity index is 1.61. The second kappa shape index (κ2) is 11.0. The van der Waals surface area contributed by atoms with Crippen LogP contribution in [0.25, 0.3) is 0 Å². The lowest BCUT2D eigenvalue weighted by molar-refractivity contribution is 0.181. The smallest absolute Gasteiger partial charge is 0.191 e. The molecular formula is C22H25Cl2N5O. The summed E-state index contributed by atoms with van der Waals surface area (Å²) in [5, 5.41) is 17.8. The van der Waals surface area contributed by atoms with Gasteiger partial charge in [-0.3, -0.25) is 0 Å². The lowest BCUT2D eigenvalue weighted by Gasteiger charge is -2.16. The van der Waals surface area contributed by atoms with Crippen molar-refractivity contribution in [1.29, 1.82) is 0 Å². The second-order valence-corrected chi connectivity index (χ2v) is 7.72. The van der Waals surface area contributed by atoms with E-state index < -0.39 is 6.10 Å². The van der Waals surface area contributed by atoms with Crippen molar-refractivity contribution >= 4 is 29.2 Å². The van der Waals surface area contributed by atoms with Crippen molar-refractivity contribution in [2.24, 2.45) is 4.99 Å². The molecule has 0 fully saturated rings. The Bertz CT molecular complexity index is 955. The zero-order valence-electron chi connectivity index (χ0n) is 16.7. The molecule has 0 radical (unpaired) electrons. The molecule has 0 aliphatic carbocycles. The van der Waals surface area contributed by atoms with Crippen LogP contribution >= 0.6 is 23.2 Å². The summed E-state index contributed by atoms with van der Waals surface area (Å²) in [5.41, 5.74) is 2.95. The highest BCUT2D eigenvalue weighted by atomic mass is 35.5. The van der Waals surface area contributed by atoms with Crippen LogP contribution in [0.15, 0.2) is 66.2 Å². The van der Waals surface area contributed by atoms with E-state index in [0.717, 1.165) is 12.1 Å². The van der Waals surface area contributed by atoms with Crippen LogP contribution in [0.5, 0.6) is 0 Å². The van der Waals surface area contributed by atoms with Crippen molar-refractivity contribution in [3.8, 4) is 0 Å². The van der Waals surface area contributed by atoms with E-state index in [2.05, 4.69) is 32.7 Å². The van der Waals surface area contributed by atoms with Crippen LogP contribution in [0.3, 0.4) is 0 Å². The number of aliphatic hydroxyl groups is 1. The van der Waals surface area contributed by atoms with Crippen LogP contribution in [0.4, 0.5) is 0 Å². The first-order chi connectivity index (χ1) is 14.5. The third-order valence-corrected chi connectivity index (χ3v) is 4.85. The van der Waals surface area contributed by atoms with Crippen molar-refractivity contribution < 1.29 is 5.11 Å². The van der Waals surface area contributed by atoms with Gasteiger partial charge in [0.15, 0.2) is 5.96 Å². The highest BCUT2D eigenvalue weighted by molar-refractivity contribution is 6.34. The van der Waals surface area contributed by atoms with Gasteiger partial charge in [-0.05, 0) is 41.8 Å². The molecule has 0 amide bonds. The van der Waals surface area contributed by atoms with Gasteiger partial charge in [-0.1, -0.05) is 47.5 Å². The molecule has 30 heavy (non-hydrogen) atoms. The van der Waals surface area contributed by atoms with E-state index in [1.807, 2.05) is 29.8 Å². The molecule has 0 saturated heterocycles. The summed E-state index contributed by atoms with van der Waals surface area (Å²) in [6.07, 6.45) is 4.75. The standard InChI is InChI=1S/C22H25Cl2N5O/c1-2-26-22(28-13-21(30)18-9-19(23)11-20(24)10-18)27-12-16-4-3-5-17(8-16)14-29-7-6-25-15-29/h3-11,15,21,30H,2,12-14H2,1H3,(H2,26,27,28). The Morgan fingerprint density at radius 3 is 2.60 bits per heavy atom. The van der Waals surface area contributed by atoms with E-state index in [4.69, 9.17) is 23.2 Å². The number of hydrogen-bond acceptors (Lipinski definition) is 3. The quantitative estimate of drug-likeness (QED) is 0.361. The molecular weight excluding hydrogens is 421 g/mol. The molecule has 8 heteroatoms. The molecule has 2 aromatic carbocycles. The Morgan fingerprint density at radius 1 is 1.13 bits per heavy atom. The summed E-state index contributed by atoms with van der Waals surface area (Å²) < 4.78 is 2.03. The number of benzene rings is 2. The molecule has 158 valence electrons. The van der Waals surface area contributed by atoms with Gasteiger partial charge in [-0.2, -0.15) is 0 Å². The van der Waals surface area contributed by atoms with Gasteiger partial charge in [-0.25, -0.2) is 9.98 Å². The van der Waals surface area contributed by atoms with Crippen molar-refractivity contribution in [1.82, 2.24) is 20.2 Å². The summed E-state index contributed by atoms with van der Waals surface area (Å²) >= 11 is 12.0. The fraction of sp³-hybridized carbons (Fsp3) is 0.273. The third kappa shape index (κ3) is 6.76. The molecule has 6 nitrogen and oxygen atoms in total. The van der Waals surface area contributed by atoms with Gasteiger partial charge in [0.1, 0.15) is 0 Å². The van der Waals surface area contributed by atoms with E-state index in [0.29, 0.717) is 34.7 Å². The number of aromatic nitrogens is 2. The maximum Gasteiger partial charge on any atom is 0.191 e.